The van der Waals surface area contributed by atoms with Crippen LogP contribution in [0.4, 0.5) is 5.69 Å². The van der Waals surface area contributed by atoms with Gasteiger partial charge in [0, 0.05) is 41.4 Å². The number of ether oxygens (including phenoxy) is 3. The van der Waals surface area contributed by atoms with Crippen LogP contribution in [0.5, 0.6) is 23.0 Å². The summed E-state index contributed by atoms with van der Waals surface area (Å²) in [5, 5.41) is 75.2. The van der Waals surface area contributed by atoms with Gasteiger partial charge in [0.05, 0.1) is 18.8 Å². The Morgan fingerprint density at radius 2 is 1.51 bits per heavy atom. The van der Waals surface area contributed by atoms with Gasteiger partial charge in [-0.05, 0) is 42.0 Å². The number of aromatic hydroxyl groups is 2. The number of thiocarbonyl (C=S) groups is 1. The number of aliphatic hydroxyl groups excluding tert-OH is 4. The topological polar surface area (TPSA) is 210 Å². The van der Waals surface area contributed by atoms with Crippen molar-refractivity contribution < 1.29 is 54.8 Å². The number of carboxylic acid groups (broad SMARTS) is 1. The van der Waals surface area contributed by atoms with Crippen molar-refractivity contribution in [2.75, 3.05) is 25.1 Å². The van der Waals surface area contributed by atoms with Gasteiger partial charge in [0.25, 0.3) is 0 Å². The summed E-state index contributed by atoms with van der Waals surface area (Å²) in [5.74, 6) is -1.16. The zero-order valence-electron chi connectivity index (χ0n) is 22.5. The summed E-state index contributed by atoms with van der Waals surface area (Å²) in [6, 6.07) is 13.9. The van der Waals surface area contributed by atoms with E-state index in [0.29, 0.717) is 33.9 Å². The van der Waals surface area contributed by atoms with Crippen LogP contribution in [0.2, 0.25) is 0 Å². The number of carboxylic acids is 1. The van der Waals surface area contributed by atoms with E-state index in [1.54, 1.807) is 24.3 Å². The maximum Gasteiger partial charge on any atom is 0.336 e. The van der Waals surface area contributed by atoms with E-state index in [4.69, 9.17) is 26.4 Å². The molecule has 14 heteroatoms. The van der Waals surface area contributed by atoms with Crippen molar-refractivity contribution in [3.8, 4) is 23.0 Å². The molecule has 13 nitrogen and oxygen atoms in total. The standard InChI is InChI=1S/C29H30N2O11S/c32-12-22-24(35)25(36)26(37)28(42-22)40-8-7-30-29(43)31-13-1-4-16(19(9-13)27(38)39)23-17-5-2-14(33)10-20(17)41-21-11-15(34)3-6-18(21)23/h1-6,9-11,22-26,28,32-37H,7-8,12H2,(H,38,39)(H2,30,31,43)/t22-,24-,25+,26-,28-/m1/s1. The molecule has 2 heterocycles. The molecule has 0 radical (unpaired) electrons. The molecule has 5 atom stereocenters. The number of hydrogen-bond acceptors (Lipinski definition) is 11. The van der Waals surface area contributed by atoms with Crippen LogP contribution < -0.4 is 15.4 Å². The van der Waals surface area contributed by atoms with Crippen LogP contribution in [-0.4, -0.2) is 97.3 Å². The van der Waals surface area contributed by atoms with Crippen molar-refractivity contribution in [2.45, 2.75) is 36.6 Å². The predicted octanol–water partition coefficient (Wildman–Crippen LogP) is 1.18. The Kier molecular flexibility index (Phi) is 8.98. The van der Waals surface area contributed by atoms with Crippen LogP contribution >= 0.6 is 12.2 Å². The number of aliphatic hydroxyl groups is 4. The molecule has 0 aromatic heterocycles. The maximum atomic E-state index is 12.4. The van der Waals surface area contributed by atoms with Crippen molar-refractivity contribution >= 4 is 29.0 Å². The first-order valence-corrected chi connectivity index (χ1v) is 13.7. The summed E-state index contributed by atoms with van der Waals surface area (Å²) in [6.07, 6.45) is -6.94. The fraction of sp³-hybridized carbons (Fsp3) is 0.310. The molecule has 0 aliphatic carbocycles. The number of carbonyl (C=O) groups is 1. The molecule has 43 heavy (non-hydrogen) atoms. The van der Waals surface area contributed by atoms with Gasteiger partial charge in [-0.3, -0.25) is 0 Å². The zero-order chi connectivity index (χ0) is 30.8. The highest BCUT2D eigenvalue weighted by Crippen LogP contribution is 2.49. The summed E-state index contributed by atoms with van der Waals surface area (Å²) in [7, 11) is 0. The van der Waals surface area contributed by atoms with E-state index in [1.165, 1.54) is 30.3 Å². The SMILES string of the molecule is O=C(O)c1cc(NC(=S)NCCO[C@@H]2O[C@H](CO)[C@@H](O)[C@H](O)[C@H]2O)ccc1C1c2ccc(O)cc2Oc2cc(O)ccc21. The number of rotatable bonds is 8. The van der Waals surface area contributed by atoms with Gasteiger partial charge in [-0.2, -0.15) is 0 Å². The fourth-order valence-corrected chi connectivity index (χ4v) is 5.33. The van der Waals surface area contributed by atoms with Gasteiger partial charge in [-0.25, -0.2) is 4.79 Å². The van der Waals surface area contributed by atoms with Crippen LogP contribution in [0.1, 0.15) is 33.0 Å². The number of benzene rings is 3. The average molecular weight is 615 g/mol. The monoisotopic (exact) mass is 614 g/mol. The minimum atomic E-state index is -1.56. The van der Waals surface area contributed by atoms with Gasteiger partial charge in [0.1, 0.15) is 47.4 Å². The summed E-state index contributed by atoms with van der Waals surface area (Å²) in [4.78, 5) is 12.4. The first-order chi connectivity index (χ1) is 20.6. The van der Waals surface area contributed by atoms with E-state index >= 15 is 0 Å². The second kappa shape index (κ2) is 12.7. The van der Waals surface area contributed by atoms with Crippen molar-refractivity contribution in [2.24, 2.45) is 0 Å². The number of hydrogen-bond donors (Lipinski definition) is 9. The third-order valence-corrected chi connectivity index (χ3v) is 7.45. The highest BCUT2D eigenvalue weighted by molar-refractivity contribution is 7.80. The molecule has 228 valence electrons. The van der Waals surface area contributed by atoms with Gasteiger partial charge in [-0.15, -0.1) is 0 Å². The molecule has 9 N–H and O–H groups in total. The van der Waals surface area contributed by atoms with Crippen molar-refractivity contribution in [1.29, 1.82) is 0 Å². The van der Waals surface area contributed by atoms with Crippen LogP contribution in [0, 0.1) is 0 Å². The molecule has 0 saturated carbocycles. The lowest BCUT2D eigenvalue weighted by atomic mass is 9.80. The third kappa shape index (κ3) is 6.35. The van der Waals surface area contributed by atoms with Crippen LogP contribution in [0.25, 0.3) is 0 Å². The first-order valence-electron chi connectivity index (χ1n) is 13.2. The quantitative estimate of drug-likeness (QED) is 0.101. The lowest BCUT2D eigenvalue weighted by molar-refractivity contribution is -0.300. The Hall–Kier alpha value is -4.02. The summed E-state index contributed by atoms with van der Waals surface area (Å²) in [5.41, 5.74) is 2.10. The number of nitrogens with one attached hydrogen (secondary N) is 2. The Bertz CT molecular complexity index is 1470. The van der Waals surface area contributed by atoms with Gasteiger partial charge >= 0.3 is 5.97 Å². The van der Waals surface area contributed by atoms with E-state index in [1.807, 2.05) is 0 Å². The normalized spacial score (nSPS) is 23.0. The van der Waals surface area contributed by atoms with E-state index in [9.17, 15) is 40.5 Å². The van der Waals surface area contributed by atoms with Crippen LogP contribution in [-0.2, 0) is 9.47 Å². The van der Waals surface area contributed by atoms with E-state index in [-0.39, 0.29) is 35.3 Å². The Morgan fingerprint density at radius 3 is 2.12 bits per heavy atom. The molecule has 0 unspecified atom stereocenters. The molecule has 1 fully saturated rings. The molecule has 3 aromatic rings. The maximum absolute atomic E-state index is 12.4. The molecular weight excluding hydrogens is 584 g/mol. The first kappa shape index (κ1) is 30.4. The third-order valence-electron chi connectivity index (χ3n) is 7.21. The van der Waals surface area contributed by atoms with Gasteiger partial charge < -0.3 is 60.6 Å². The minimum Gasteiger partial charge on any atom is -0.508 e. The summed E-state index contributed by atoms with van der Waals surface area (Å²) < 4.78 is 16.6. The molecule has 2 aliphatic rings. The molecule has 1 saturated heterocycles. The molecular formula is C29H30N2O11S. The Morgan fingerprint density at radius 1 is 0.884 bits per heavy atom. The van der Waals surface area contributed by atoms with Crippen LogP contribution in [0.3, 0.4) is 0 Å². The predicted molar refractivity (Wildman–Crippen MR) is 155 cm³/mol. The molecule has 5 rings (SSSR count). The van der Waals surface area contributed by atoms with Gasteiger partial charge in [0.2, 0.25) is 0 Å². The molecule has 0 spiro atoms. The lowest BCUT2D eigenvalue weighted by Crippen LogP contribution is -2.59. The number of phenolic OH excluding ortho intramolecular Hbond substituents is 2. The Labute approximate surface area is 250 Å². The smallest absolute Gasteiger partial charge is 0.336 e. The zero-order valence-corrected chi connectivity index (χ0v) is 23.3. The number of aromatic carboxylic acids is 1. The summed E-state index contributed by atoms with van der Waals surface area (Å²) >= 11 is 5.32. The molecule has 3 aromatic carbocycles. The second-order valence-corrected chi connectivity index (χ2v) is 10.4. The van der Waals surface area contributed by atoms with E-state index in [0.717, 1.165) is 0 Å². The second-order valence-electron chi connectivity index (χ2n) is 10.0. The minimum absolute atomic E-state index is 0.0105. The summed E-state index contributed by atoms with van der Waals surface area (Å²) in [6.45, 7) is -0.466. The highest BCUT2D eigenvalue weighted by Gasteiger charge is 2.44. The van der Waals surface area contributed by atoms with Crippen molar-refractivity contribution in [3.05, 3.63) is 76.9 Å². The van der Waals surface area contributed by atoms with Crippen molar-refractivity contribution in [3.63, 3.8) is 0 Å². The molecule has 0 amide bonds. The Balaban J connectivity index is 1.28. The van der Waals surface area contributed by atoms with Gasteiger partial charge in [0.15, 0.2) is 11.4 Å². The van der Waals surface area contributed by atoms with E-state index < -0.39 is 49.2 Å². The highest BCUT2D eigenvalue weighted by atomic mass is 32.1. The number of fused-ring (bicyclic) bond motifs is 2. The van der Waals surface area contributed by atoms with Gasteiger partial charge in [-0.1, -0.05) is 18.2 Å². The van der Waals surface area contributed by atoms with Crippen LogP contribution in [0.15, 0.2) is 54.6 Å². The van der Waals surface area contributed by atoms with Crippen molar-refractivity contribution in [1.82, 2.24) is 5.32 Å². The number of anilines is 1. The average Bonchev–Trinajstić information content (AvgIpc) is 2.97. The largest absolute Gasteiger partial charge is 0.508 e. The molecule has 2 aliphatic heterocycles. The fourth-order valence-electron chi connectivity index (χ4n) is 5.11. The number of phenols is 2. The lowest BCUT2D eigenvalue weighted by Gasteiger charge is -2.39. The van der Waals surface area contributed by atoms with E-state index in [2.05, 4.69) is 10.6 Å². The molecule has 0 bridgehead atoms.